The maximum absolute atomic E-state index is 14.2. The molecule has 4 aliphatic heterocycles. The molecule has 4 aromatic carbocycles. The molecule has 4 aliphatic rings. The van der Waals surface area contributed by atoms with Crippen molar-refractivity contribution >= 4 is 89.7 Å². The van der Waals surface area contributed by atoms with Crippen LogP contribution in [-0.4, -0.2) is 158 Å². The molecule has 0 bridgehead atoms. The van der Waals surface area contributed by atoms with Crippen molar-refractivity contribution in [1.82, 2.24) is 19.6 Å². The highest BCUT2D eigenvalue weighted by Crippen LogP contribution is 2.47. The van der Waals surface area contributed by atoms with Crippen molar-refractivity contribution in [1.29, 1.82) is 0 Å². The zero-order valence-electron chi connectivity index (χ0n) is 46.4. The van der Waals surface area contributed by atoms with Gasteiger partial charge in [-0.2, -0.15) is 0 Å². The van der Waals surface area contributed by atoms with Gasteiger partial charge in [-0.15, -0.1) is 0 Å². The van der Waals surface area contributed by atoms with Gasteiger partial charge in [0.05, 0.1) is 72.4 Å². The minimum Gasteiger partial charge on any atom is -0.378 e. The van der Waals surface area contributed by atoms with E-state index in [0.717, 1.165) is 11.1 Å². The number of hydrogen-bond acceptors (Lipinski definition) is 12. The van der Waals surface area contributed by atoms with Gasteiger partial charge in [0.2, 0.25) is 11.8 Å². The molecule has 22 heteroatoms. The zero-order valence-corrected chi connectivity index (χ0v) is 51.0. The Morgan fingerprint density at radius 1 is 0.512 bits per heavy atom. The number of nitrogens with zero attached hydrogens (tertiary/aromatic N) is 4. The lowest BCUT2D eigenvalue weighted by molar-refractivity contribution is -0.181. The molecule has 4 fully saturated rings. The highest BCUT2D eigenvalue weighted by Gasteiger charge is 2.50. The number of amides is 4. The third-order valence-electron chi connectivity index (χ3n) is 14.8. The average molecular weight is 1220 g/mol. The number of morpholine rings is 4. The van der Waals surface area contributed by atoms with Gasteiger partial charge in [-0.1, -0.05) is 94.9 Å². The SMILES string of the molecule is C[C@@H](CS(=O)(=O)C(C)(C)C)N1C(=O)[C@@H](CC(=O)N2CCOCC2)O[C@H](c2cccc(Cl)c2)[C@H]1c1ccc(Cl)cc1.C[C@@H](CS(=O)(=O)C(C)(C)C)N1C(=O)[C@H](CC(=O)N2CCOCC2)O[C@H](c2cccc(Cl)c2)[C@H]1c1ccc(Cl)cc1. The van der Waals surface area contributed by atoms with E-state index in [-0.39, 0.29) is 36.2 Å². The number of rotatable bonds is 14. The van der Waals surface area contributed by atoms with E-state index >= 15 is 0 Å². The number of carbonyl (C=O) groups excluding carboxylic acids is 4. The summed E-state index contributed by atoms with van der Waals surface area (Å²) in [7, 11) is -7.19. The molecular weight excluding hydrogens is 1150 g/mol. The first-order chi connectivity index (χ1) is 37.6. The molecule has 0 saturated carbocycles. The van der Waals surface area contributed by atoms with E-state index in [1.165, 1.54) is 0 Å². The minimum atomic E-state index is -3.59. The van der Waals surface area contributed by atoms with Crippen LogP contribution in [0.4, 0.5) is 0 Å². The topological polar surface area (TPSA) is 186 Å². The van der Waals surface area contributed by atoms with Crippen molar-refractivity contribution in [2.45, 2.75) is 126 Å². The summed E-state index contributed by atoms with van der Waals surface area (Å²) in [5.74, 6) is -1.80. The number of halogens is 4. The summed E-state index contributed by atoms with van der Waals surface area (Å²) in [6, 6.07) is 25.6. The van der Waals surface area contributed by atoms with Crippen LogP contribution in [0.1, 0.15) is 115 Å². The van der Waals surface area contributed by atoms with Gasteiger partial charge < -0.3 is 38.5 Å². The Labute approximate surface area is 491 Å². The van der Waals surface area contributed by atoms with Crippen LogP contribution in [0.2, 0.25) is 20.1 Å². The van der Waals surface area contributed by atoms with Gasteiger partial charge in [0.15, 0.2) is 19.7 Å². The number of benzene rings is 4. The molecule has 4 amide bonds. The van der Waals surface area contributed by atoms with E-state index in [1.54, 1.807) is 160 Å². The van der Waals surface area contributed by atoms with E-state index in [9.17, 15) is 36.0 Å². The quantitative estimate of drug-likeness (QED) is 0.117. The standard InChI is InChI=1S/2C29H36Cl2N2O6S/c2*1-19(18-40(36,37)29(2,3)4)33-26(20-8-10-22(30)11-9-20)27(21-6-5-7-23(31)16-21)39-24(28(33)35)17-25(34)32-12-14-38-15-13-32/h2*5-11,16,19,24,26-27H,12-15,17-18H2,1-4H3/t19-,24+,26+,27+;19-,24-,26+,27+/m00/s1. The fourth-order valence-electron chi connectivity index (χ4n) is 10.1. The maximum atomic E-state index is 14.2. The molecule has 0 unspecified atom stereocenters. The fourth-order valence-corrected chi connectivity index (χ4v) is 13.4. The molecule has 0 N–H and O–H groups in total. The predicted molar refractivity (Wildman–Crippen MR) is 310 cm³/mol. The molecular formula is C58H72Cl4N4O12S2. The fraction of sp³-hybridized carbons (Fsp3) is 0.517. The molecule has 8 rings (SSSR count). The second kappa shape index (κ2) is 26.5. The third-order valence-corrected chi connectivity index (χ3v) is 21.4. The third kappa shape index (κ3) is 15.3. The average Bonchev–Trinajstić information content (AvgIpc) is 3.44. The smallest absolute Gasteiger partial charge is 0.253 e. The van der Waals surface area contributed by atoms with Crippen LogP contribution >= 0.6 is 46.4 Å². The van der Waals surface area contributed by atoms with Crippen molar-refractivity contribution < 1.29 is 55.0 Å². The molecule has 0 aliphatic carbocycles. The highest BCUT2D eigenvalue weighted by molar-refractivity contribution is 7.93. The Morgan fingerprint density at radius 2 is 0.838 bits per heavy atom. The summed E-state index contributed by atoms with van der Waals surface area (Å²) in [6.45, 7) is 16.8. The van der Waals surface area contributed by atoms with Gasteiger partial charge in [0.1, 0.15) is 24.4 Å². The van der Waals surface area contributed by atoms with Crippen LogP contribution in [0, 0.1) is 0 Å². The van der Waals surface area contributed by atoms with Crippen LogP contribution in [-0.2, 0) is 57.8 Å². The zero-order chi connectivity index (χ0) is 58.5. The first-order valence-corrected chi connectivity index (χ1v) is 31.5. The molecule has 0 aromatic heterocycles. The molecule has 4 aromatic rings. The Kier molecular flexibility index (Phi) is 20.9. The summed E-state index contributed by atoms with van der Waals surface area (Å²) in [6.07, 6.45) is -4.00. The second-order valence-corrected chi connectivity index (χ2v) is 29.9. The lowest BCUT2D eigenvalue weighted by Gasteiger charge is -2.47. The van der Waals surface area contributed by atoms with Crippen LogP contribution in [0.5, 0.6) is 0 Å². The van der Waals surface area contributed by atoms with Gasteiger partial charge in [0, 0.05) is 58.4 Å². The van der Waals surface area contributed by atoms with Crippen molar-refractivity contribution in [3.63, 3.8) is 0 Å². The monoisotopic (exact) mass is 1220 g/mol. The molecule has 0 spiro atoms. The highest BCUT2D eigenvalue weighted by atomic mass is 35.5. The molecule has 4 saturated heterocycles. The van der Waals surface area contributed by atoms with Gasteiger partial charge in [-0.25, -0.2) is 16.8 Å². The van der Waals surface area contributed by atoms with Gasteiger partial charge in [-0.3, -0.25) is 19.2 Å². The normalized spacial score (nSPS) is 23.2. The predicted octanol–water partition coefficient (Wildman–Crippen LogP) is 9.71. The Morgan fingerprint density at radius 3 is 1.14 bits per heavy atom. The van der Waals surface area contributed by atoms with E-state index < -0.39 is 89.6 Å². The second-order valence-electron chi connectivity index (χ2n) is 22.6. The largest absolute Gasteiger partial charge is 0.378 e. The molecule has 8 atom stereocenters. The molecule has 80 heavy (non-hydrogen) atoms. The van der Waals surface area contributed by atoms with E-state index in [0.29, 0.717) is 83.8 Å². The summed E-state index contributed by atoms with van der Waals surface area (Å²) < 4.78 is 74.8. The Balaban J connectivity index is 0.000000231. The minimum absolute atomic E-state index is 0.168. The first kappa shape index (κ1) is 63.2. The molecule has 436 valence electrons. The van der Waals surface area contributed by atoms with E-state index in [2.05, 4.69) is 0 Å². The van der Waals surface area contributed by atoms with E-state index in [4.69, 9.17) is 65.4 Å². The summed E-state index contributed by atoms with van der Waals surface area (Å²) >= 11 is 25.1. The number of ether oxygens (including phenoxy) is 4. The van der Waals surface area contributed by atoms with E-state index in [1.807, 2.05) is 12.1 Å². The summed E-state index contributed by atoms with van der Waals surface area (Å²) in [4.78, 5) is 61.3. The lowest BCUT2D eigenvalue weighted by atomic mass is 9.90. The van der Waals surface area contributed by atoms with Gasteiger partial charge >= 0.3 is 0 Å². The molecule has 16 nitrogen and oxygen atoms in total. The van der Waals surface area contributed by atoms with Crippen LogP contribution in [0.3, 0.4) is 0 Å². The van der Waals surface area contributed by atoms with Crippen molar-refractivity contribution in [2.24, 2.45) is 0 Å². The Hall–Kier alpha value is -4.34. The van der Waals surface area contributed by atoms with Crippen LogP contribution in [0.25, 0.3) is 0 Å². The number of hydrogen-bond donors (Lipinski definition) is 0. The van der Waals surface area contributed by atoms with Gasteiger partial charge in [-0.05, 0) is 126 Å². The molecule has 4 heterocycles. The van der Waals surface area contributed by atoms with Gasteiger partial charge in [0.25, 0.3) is 11.8 Å². The summed E-state index contributed by atoms with van der Waals surface area (Å²) in [5.41, 5.74) is 2.86. The van der Waals surface area contributed by atoms with Crippen LogP contribution in [0.15, 0.2) is 97.1 Å². The molecule has 0 radical (unpaired) electrons. The number of carbonyl (C=O) groups is 4. The van der Waals surface area contributed by atoms with Crippen LogP contribution < -0.4 is 0 Å². The summed E-state index contributed by atoms with van der Waals surface area (Å²) in [5, 5.41) is 2.03. The Bertz CT molecular complexity index is 2850. The van der Waals surface area contributed by atoms with Crippen molar-refractivity contribution in [2.75, 3.05) is 64.1 Å². The maximum Gasteiger partial charge on any atom is 0.253 e. The number of sulfone groups is 2. The first-order valence-electron chi connectivity index (χ1n) is 26.7. The van der Waals surface area contributed by atoms with Crippen molar-refractivity contribution in [3.05, 3.63) is 139 Å². The lowest BCUT2D eigenvalue weighted by Crippen LogP contribution is -2.57. The van der Waals surface area contributed by atoms with Crippen molar-refractivity contribution in [3.8, 4) is 0 Å².